The Balaban J connectivity index is 1.09. The topological polar surface area (TPSA) is 16.4 Å². The third kappa shape index (κ3) is 4.88. The van der Waals surface area contributed by atoms with Gasteiger partial charge in [0.15, 0.2) is 0 Å². The highest BCUT2D eigenvalue weighted by atomic mass is 16.3. The average molecular weight is 704 g/mol. The molecule has 260 valence electrons. The summed E-state index contributed by atoms with van der Waals surface area (Å²) in [6, 6.07) is 68.5. The van der Waals surface area contributed by atoms with Crippen molar-refractivity contribution < 1.29 is 4.42 Å². The van der Waals surface area contributed by atoms with Crippen molar-refractivity contribution >= 4 is 60.5 Å². The molecular formula is C53H37NO. The monoisotopic (exact) mass is 703 g/mol. The van der Waals surface area contributed by atoms with E-state index in [4.69, 9.17) is 4.42 Å². The molecule has 0 saturated carbocycles. The average Bonchev–Trinajstić information content (AvgIpc) is 3.73. The highest BCUT2D eigenvalue weighted by Crippen LogP contribution is 2.51. The second-order valence-electron chi connectivity index (χ2n) is 15.3. The van der Waals surface area contributed by atoms with Crippen molar-refractivity contribution in [2.45, 2.75) is 19.3 Å². The van der Waals surface area contributed by atoms with Crippen LogP contribution in [0.25, 0.3) is 76.9 Å². The van der Waals surface area contributed by atoms with Crippen molar-refractivity contribution in [3.05, 3.63) is 199 Å². The molecule has 1 aromatic heterocycles. The second kappa shape index (κ2) is 12.1. The Labute approximate surface area is 320 Å². The van der Waals surface area contributed by atoms with Gasteiger partial charge in [-0.25, -0.2) is 0 Å². The zero-order valence-electron chi connectivity index (χ0n) is 30.8. The number of hydrogen-bond donors (Lipinski definition) is 0. The Morgan fingerprint density at radius 2 is 1.07 bits per heavy atom. The van der Waals surface area contributed by atoms with Crippen LogP contribution in [0.4, 0.5) is 17.1 Å². The van der Waals surface area contributed by atoms with E-state index in [1.54, 1.807) is 0 Å². The van der Waals surface area contributed by atoms with Crippen molar-refractivity contribution in [1.82, 2.24) is 0 Å². The summed E-state index contributed by atoms with van der Waals surface area (Å²) in [7, 11) is 0. The molecule has 11 rings (SSSR count). The molecule has 0 saturated heterocycles. The molecule has 0 unspecified atom stereocenters. The molecular weight excluding hydrogens is 667 g/mol. The number of para-hydroxylation sites is 2. The fourth-order valence-electron chi connectivity index (χ4n) is 9.11. The van der Waals surface area contributed by atoms with Crippen molar-refractivity contribution in [1.29, 1.82) is 0 Å². The summed E-state index contributed by atoms with van der Waals surface area (Å²) in [5, 5.41) is 7.07. The Hall–Kier alpha value is -6.90. The molecule has 10 aromatic rings. The Morgan fingerprint density at radius 3 is 1.96 bits per heavy atom. The SMILES string of the molecule is CC1(C)c2ccccc2-c2ccc(N(c3ccc(-c4cccc5ccc6c7ccccc7oc6c45)cc3)c3ccccc3-c3ccc4ccccc4c3)cc21. The van der Waals surface area contributed by atoms with Crippen LogP contribution in [0, 0.1) is 0 Å². The van der Waals surface area contributed by atoms with Gasteiger partial charge in [0.2, 0.25) is 0 Å². The van der Waals surface area contributed by atoms with Gasteiger partial charge in [-0.1, -0.05) is 153 Å². The first-order valence-corrected chi connectivity index (χ1v) is 19.1. The number of rotatable bonds is 5. The molecule has 0 fully saturated rings. The Morgan fingerprint density at radius 1 is 0.418 bits per heavy atom. The van der Waals surface area contributed by atoms with Gasteiger partial charge in [-0.05, 0) is 104 Å². The summed E-state index contributed by atoms with van der Waals surface area (Å²) in [4.78, 5) is 2.44. The van der Waals surface area contributed by atoms with E-state index in [-0.39, 0.29) is 5.41 Å². The smallest absolute Gasteiger partial charge is 0.143 e. The minimum atomic E-state index is -0.119. The van der Waals surface area contributed by atoms with Crippen LogP contribution in [0.1, 0.15) is 25.0 Å². The van der Waals surface area contributed by atoms with Crippen LogP contribution >= 0.6 is 0 Å². The fraction of sp³-hybridized carbons (Fsp3) is 0.0566. The standard InChI is InChI=1S/C53H37NO/c1-53(2)47-19-8-5-16-43(47)44-31-29-40(33-48(44)53)54(49-20-9-6-15-41(49)38-23-22-34-12-3-4-13-37(34)32-38)39-27-24-35(25-28-39)42-18-11-14-36-26-30-46-45-17-7-10-21-50(45)55-52(46)51(36)42/h3-33H,1-2H3. The largest absolute Gasteiger partial charge is 0.455 e. The number of benzene rings is 9. The molecule has 2 nitrogen and oxygen atoms in total. The van der Waals surface area contributed by atoms with Crippen LogP contribution in [0.3, 0.4) is 0 Å². The Kier molecular flexibility index (Phi) is 6.93. The van der Waals surface area contributed by atoms with Crippen LogP contribution in [-0.4, -0.2) is 0 Å². The van der Waals surface area contributed by atoms with E-state index >= 15 is 0 Å². The molecule has 0 amide bonds. The maximum Gasteiger partial charge on any atom is 0.143 e. The molecule has 55 heavy (non-hydrogen) atoms. The number of fused-ring (bicyclic) bond motifs is 9. The van der Waals surface area contributed by atoms with E-state index in [0.717, 1.165) is 55.5 Å². The van der Waals surface area contributed by atoms with Crippen LogP contribution in [0.2, 0.25) is 0 Å². The maximum absolute atomic E-state index is 6.56. The predicted octanol–water partition coefficient (Wildman–Crippen LogP) is 15.0. The van der Waals surface area contributed by atoms with Crippen LogP contribution in [0.5, 0.6) is 0 Å². The summed E-state index contributed by atoms with van der Waals surface area (Å²) >= 11 is 0. The Bertz CT molecular complexity index is 3130. The summed E-state index contributed by atoms with van der Waals surface area (Å²) in [5.74, 6) is 0. The first kappa shape index (κ1) is 31.6. The fourth-order valence-corrected chi connectivity index (χ4v) is 9.11. The lowest BCUT2D eigenvalue weighted by atomic mass is 9.82. The van der Waals surface area contributed by atoms with Gasteiger partial charge in [0, 0.05) is 38.5 Å². The van der Waals surface area contributed by atoms with Gasteiger partial charge in [-0.3, -0.25) is 0 Å². The van der Waals surface area contributed by atoms with Crippen LogP contribution in [-0.2, 0) is 5.41 Å². The molecule has 1 heterocycles. The molecule has 0 radical (unpaired) electrons. The number of furan rings is 1. The molecule has 0 N–H and O–H groups in total. The predicted molar refractivity (Wildman–Crippen MR) is 232 cm³/mol. The van der Waals surface area contributed by atoms with Gasteiger partial charge < -0.3 is 9.32 Å². The van der Waals surface area contributed by atoms with E-state index in [0.29, 0.717) is 0 Å². The van der Waals surface area contributed by atoms with E-state index in [1.165, 1.54) is 49.5 Å². The number of hydrogen-bond acceptors (Lipinski definition) is 2. The normalized spacial score (nSPS) is 13.1. The lowest BCUT2D eigenvalue weighted by Gasteiger charge is -2.30. The second-order valence-corrected chi connectivity index (χ2v) is 15.3. The van der Waals surface area contributed by atoms with E-state index in [9.17, 15) is 0 Å². The van der Waals surface area contributed by atoms with E-state index in [2.05, 4.69) is 201 Å². The van der Waals surface area contributed by atoms with Gasteiger partial charge in [0.1, 0.15) is 11.2 Å². The third-order valence-corrected chi connectivity index (χ3v) is 11.9. The number of nitrogens with zero attached hydrogens (tertiary/aromatic N) is 1. The summed E-state index contributed by atoms with van der Waals surface area (Å²) < 4.78 is 6.56. The maximum atomic E-state index is 6.56. The van der Waals surface area contributed by atoms with Gasteiger partial charge >= 0.3 is 0 Å². The molecule has 0 bridgehead atoms. The van der Waals surface area contributed by atoms with Crippen molar-refractivity contribution in [3.63, 3.8) is 0 Å². The lowest BCUT2D eigenvalue weighted by Crippen LogP contribution is -2.16. The third-order valence-electron chi connectivity index (χ3n) is 11.9. The van der Waals surface area contributed by atoms with Gasteiger partial charge in [0.25, 0.3) is 0 Å². The van der Waals surface area contributed by atoms with Gasteiger partial charge in [-0.15, -0.1) is 0 Å². The molecule has 2 heteroatoms. The van der Waals surface area contributed by atoms with Crippen molar-refractivity contribution in [2.24, 2.45) is 0 Å². The zero-order chi connectivity index (χ0) is 36.7. The zero-order valence-corrected chi connectivity index (χ0v) is 30.8. The van der Waals surface area contributed by atoms with Crippen LogP contribution < -0.4 is 4.90 Å². The van der Waals surface area contributed by atoms with Crippen molar-refractivity contribution in [2.75, 3.05) is 4.90 Å². The first-order chi connectivity index (χ1) is 27.0. The minimum Gasteiger partial charge on any atom is -0.455 e. The molecule has 0 aliphatic heterocycles. The van der Waals surface area contributed by atoms with Crippen LogP contribution in [0.15, 0.2) is 192 Å². The molecule has 0 spiro atoms. The molecule has 9 aromatic carbocycles. The summed E-state index contributed by atoms with van der Waals surface area (Å²) in [6.07, 6.45) is 0. The summed E-state index contributed by atoms with van der Waals surface area (Å²) in [6.45, 7) is 4.71. The van der Waals surface area contributed by atoms with Gasteiger partial charge in [-0.2, -0.15) is 0 Å². The molecule has 1 aliphatic rings. The van der Waals surface area contributed by atoms with Gasteiger partial charge in [0.05, 0.1) is 5.69 Å². The molecule has 1 aliphatic carbocycles. The lowest BCUT2D eigenvalue weighted by molar-refractivity contribution is 0.660. The highest BCUT2D eigenvalue weighted by Gasteiger charge is 2.36. The quantitative estimate of drug-likeness (QED) is 0.177. The summed E-state index contributed by atoms with van der Waals surface area (Å²) in [5.41, 5.74) is 15.1. The minimum absolute atomic E-state index is 0.119. The highest BCUT2D eigenvalue weighted by molar-refractivity contribution is 6.19. The van der Waals surface area contributed by atoms with Crippen molar-refractivity contribution in [3.8, 4) is 33.4 Å². The number of anilines is 3. The van der Waals surface area contributed by atoms with E-state index in [1.807, 2.05) is 6.07 Å². The molecule has 0 atom stereocenters. The van der Waals surface area contributed by atoms with E-state index < -0.39 is 0 Å². The first-order valence-electron chi connectivity index (χ1n) is 19.1.